The monoisotopic (exact) mass is 402 g/mol. The third-order valence-electron chi connectivity index (χ3n) is 4.38. The van der Waals surface area contributed by atoms with E-state index < -0.39 is 17.2 Å². The first-order chi connectivity index (χ1) is 13.6. The Balaban J connectivity index is 1.95. The van der Waals surface area contributed by atoms with E-state index in [1.807, 2.05) is 20.8 Å². The number of benzene rings is 1. The topological polar surface area (TPSA) is 81.7 Å². The van der Waals surface area contributed by atoms with Crippen LogP contribution in [0.3, 0.4) is 0 Å². The minimum atomic E-state index is -0.685. The van der Waals surface area contributed by atoms with Gasteiger partial charge >= 0.3 is 0 Å². The standard InChI is InChI=1S/C21H24F2N4O2/c1-12-8-17-19(20(28)25-11-21(3,4)24)13(2)26-27(17)18(9-12)29-10-14-15(22)6-5-7-16(14)23/h5-9H,10-11,24H2,1-4H3,(H,25,28). The maximum absolute atomic E-state index is 13.9. The largest absolute Gasteiger partial charge is 0.473 e. The van der Waals surface area contributed by atoms with Crippen LogP contribution >= 0.6 is 0 Å². The highest BCUT2D eigenvalue weighted by Crippen LogP contribution is 2.25. The van der Waals surface area contributed by atoms with E-state index in [1.165, 1.54) is 22.7 Å². The van der Waals surface area contributed by atoms with E-state index in [2.05, 4.69) is 10.4 Å². The molecule has 0 spiro atoms. The fourth-order valence-electron chi connectivity index (χ4n) is 2.96. The summed E-state index contributed by atoms with van der Waals surface area (Å²) in [5.74, 6) is -1.39. The number of ether oxygens (including phenoxy) is 1. The van der Waals surface area contributed by atoms with E-state index >= 15 is 0 Å². The van der Waals surface area contributed by atoms with Gasteiger partial charge in [-0.2, -0.15) is 9.61 Å². The lowest BCUT2D eigenvalue weighted by Gasteiger charge is -2.18. The normalized spacial score (nSPS) is 11.7. The maximum atomic E-state index is 13.9. The molecule has 0 radical (unpaired) electrons. The molecule has 6 nitrogen and oxygen atoms in total. The van der Waals surface area contributed by atoms with Crippen molar-refractivity contribution >= 4 is 11.4 Å². The van der Waals surface area contributed by atoms with Crippen LogP contribution in [0.15, 0.2) is 30.3 Å². The van der Waals surface area contributed by atoms with Crippen LogP contribution in [0, 0.1) is 25.5 Å². The summed E-state index contributed by atoms with van der Waals surface area (Å²) in [7, 11) is 0. The fourth-order valence-corrected chi connectivity index (χ4v) is 2.96. The summed E-state index contributed by atoms with van der Waals surface area (Å²) < 4.78 is 34.9. The van der Waals surface area contributed by atoms with Crippen molar-refractivity contribution in [1.29, 1.82) is 0 Å². The smallest absolute Gasteiger partial charge is 0.255 e. The van der Waals surface area contributed by atoms with Crippen molar-refractivity contribution in [1.82, 2.24) is 14.9 Å². The Morgan fingerprint density at radius 3 is 2.52 bits per heavy atom. The number of pyridine rings is 1. The van der Waals surface area contributed by atoms with E-state index in [9.17, 15) is 13.6 Å². The van der Waals surface area contributed by atoms with Crippen molar-refractivity contribution in [2.24, 2.45) is 5.73 Å². The predicted molar refractivity (Wildman–Crippen MR) is 106 cm³/mol. The number of carbonyl (C=O) groups excluding carboxylic acids is 1. The van der Waals surface area contributed by atoms with Crippen LogP contribution < -0.4 is 15.8 Å². The minimum absolute atomic E-state index is 0.172. The Bertz CT molecular complexity index is 1050. The summed E-state index contributed by atoms with van der Waals surface area (Å²) in [6, 6.07) is 7.14. The van der Waals surface area contributed by atoms with Crippen molar-refractivity contribution in [3.05, 3.63) is 64.4 Å². The number of nitrogens with zero attached hydrogens (tertiary/aromatic N) is 2. The molecule has 0 unspecified atom stereocenters. The molecule has 3 N–H and O–H groups in total. The molecule has 0 saturated heterocycles. The highest BCUT2D eigenvalue weighted by Gasteiger charge is 2.21. The fraction of sp³-hybridized carbons (Fsp3) is 0.333. The molecule has 0 saturated carbocycles. The van der Waals surface area contributed by atoms with Gasteiger partial charge in [0.25, 0.3) is 5.91 Å². The van der Waals surface area contributed by atoms with Gasteiger partial charge in [-0.05, 0) is 51.5 Å². The van der Waals surface area contributed by atoms with E-state index in [1.54, 1.807) is 19.1 Å². The number of halogens is 2. The van der Waals surface area contributed by atoms with Crippen molar-refractivity contribution in [3.63, 3.8) is 0 Å². The first-order valence-electron chi connectivity index (χ1n) is 9.19. The molecule has 0 aliphatic rings. The zero-order valence-electron chi connectivity index (χ0n) is 16.8. The van der Waals surface area contributed by atoms with E-state index in [4.69, 9.17) is 10.5 Å². The molecule has 0 aliphatic heterocycles. The molecular formula is C21H24F2N4O2. The molecule has 2 aromatic heterocycles. The molecule has 154 valence electrons. The Kier molecular flexibility index (Phi) is 5.57. The Morgan fingerprint density at radius 2 is 1.90 bits per heavy atom. The van der Waals surface area contributed by atoms with Crippen LogP contribution in [0.25, 0.3) is 5.52 Å². The predicted octanol–water partition coefficient (Wildman–Crippen LogP) is 3.28. The molecule has 0 fully saturated rings. The third kappa shape index (κ3) is 4.54. The van der Waals surface area contributed by atoms with Gasteiger partial charge in [0, 0.05) is 18.2 Å². The zero-order chi connectivity index (χ0) is 21.3. The van der Waals surface area contributed by atoms with Gasteiger partial charge in [0.05, 0.1) is 22.3 Å². The third-order valence-corrected chi connectivity index (χ3v) is 4.38. The lowest BCUT2D eigenvalue weighted by molar-refractivity contribution is 0.0947. The maximum Gasteiger partial charge on any atom is 0.255 e. The number of hydrogen-bond donors (Lipinski definition) is 2. The molecule has 1 amide bonds. The molecule has 3 rings (SSSR count). The molecule has 2 heterocycles. The molecule has 0 atom stereocenters. The summed E-state index contributed by atoms with van der Waals surface area (Å²) in [6.45, 7) is 7.17. The Hall–Kier alpha value is -3.00. The van der Waals surface area contributed by atoms with Crippen LogP contribution in [0.5, 0.6) is 5.88 Å². The van der Waals surface area contributed by atoms with Crippen molar-refractivity contribution in [2.45, 2.75) is 39.8 Å². The first-order valence-corrected chi connectivity index (χ1v) is 9.19. The minimum Gasteiger partial charge on any atom is -0.473 e. The van der Waals surface area contributed by atoms with Gasteiger partial charge in [-0.15, -0.1) is 0 Å². The Labute approximate surface area is 167 Å². The summed E-state index contributed by atoms with van der Waals surface area (Å²) in [6.07, 6.45) is 0. The number of hydrogen-bond acceptors (Lipinski definition) is 4. The molecular weight excluding hydrogens is 378 g/mol. The van der Waals surface area contributed by atoms with Crippen LogP contribution in [0.2, 0.25) is 0 Å². The van der Waals surface area contributed by atoms with Crippen LogP contribution in [-0.4, -0.2) is 27.6 Å². The van der Waals surface area contributed by atoms with Crippen molar-refractivity contribution in [2.75, 3.05) is 6.54 Å². The van der Waals surface area contributed by atoms with Gasteiger partial charge in [-0.25, -0.2) is 8.78 Å². The van der Waals surface area contributed by atoms with Crippen LogP contribution in [-0.2, 0) is 6.61 Å². The van der Waals surface area contributed by atoms with Gasteiger partial charge in [0.2, 0.25) is 5.88 Å². The second-order valence-corrected chi connectivity index (χ2v) is 7.79. The van der Waals surface area contributed by atoms with Crippen LogP contribution in [0.1, 0.15) is 41.0 Å². The Morgan fingerprint density at radius 1 is 1.24 bits per heavy atom. The number of carbonyl (C=O) groups is 1. The van der Waals surface area contributed by atoms with Gasteiger partial charge < -0.3 is 15.8 Å². The second kappa shape index (κ2) is 7.79. The number of aryl methyl sites for hydroxylation is 2. The molecule has 29 heavy (non-hydrogen) atoms. The molecule has 3 aromatic rings. The van der Waals surface area contributed by atoms with Crippen LogP contribution in [0.4, 0.5) is 8.78 Å². The lowest BCUT2D eigenvalue weighted by atomic mass is 10.1. The first kappa shape index (κ1) is 20.7. The zero-order valence-corrected chi connectivity index (χ0v) is 16.8. The number of nitrogens with two attached hydrogens (primary N) is 1. The lowest BCUT2D eigenvalue weighted by Crippen LogP contribution is -2.45. The number of rotatable bonds is 6. The highest BCUT2D eigenvalue weighted by atomic mass is 19.1. The van der Waals surface area contributed by atoms with E-state index in [0.29, 0.717) is 23.3 Å². The summed E-state index contributed by atoms with van der Waals surface area (Å²) in [5.41, 5.74) is 7.47. The van der Waals surface area contributed by atoms with Crippen molar-refractivity contribution in [3.8, 4) is 5.88 Å². The summed E-state index contributed by atoms with van der Waals surface area (Å²) >= 11 is 0. The number of nitrogens with one attached hydrogen (secondary N) is 1. The summed E-state index contributed by atoms with van der Waals surface area (Å²) in [4.78, 5) is 12.7. The van der Waals surface area contributed by atoms with Gasteiger partial charge in [-0.1, -0.05) is 6.07 Å². The van der Waals surface area contributed by atoms with Gasteiger partial charge in [-0.3, -0.25) is 4.79 Å². The summed E-state index contributed by atoms with van der Waals surface area (Å²) in [5, 5.41) is 7.20. The average Bonchev–Trinajstić information content (AvgIpc) is 2.94. The van der Waals surface area contributed by atoms with Gasteiger partial charge in [0.15, 0.2) is 0 Å². The molecule has 0 bridgehead atoms. The van der Waals surface area contributed by atoms with Gasteiger partial charge in [0.1, 0.15) is 18.2 Å². The highest BCUT2D eigenvalue weighted by molar-refractivity contribution is 6.02. The molecule has 1 aromatic carbocycles. The van der Waals surface area contributed by atoms with E-state index in [0.717, 1.165) is 5.56 Å². The van der Waals surface area contributed by atoms with E-state index in [-0.39, 0.29) is 24.0 Å². The second-order valence-electron chi connectivity index (χ2n) is 7.79. The number of aromatic nitrogens is 2. The number of fused-ring (bicyclic) bond motifs is 1. The SMILES string of the molecule is Cc1cc(OCc2c(F)cccc2F)n2nc(C)c(C(=O)NCC(C)(C)N)c2c1. The number of amides is 1. The quantitative estimate of drug-likeness (QED) is 0.663. The van der Waals surface area contributed by atoms with Crippen molar-refractivity contribution < 1.29 is 18.3 Å². The average molecular weight is 402 g/mol. The molecule has 8 heteroatoms. The molecule has 0 aliphatic carbocycles.